The number of rotatable bonds is 4. The SMILES string of the molecule is CCC(CC)(CC)ON.F. The second kappa shape index (κ2) is 5.62. The fourth-order valence-corrected chi connectivity index (χ4v) is 1.00. The fourth-order valence-electron chi connectivity index (χ4n) is 1.00. The van der Waals surface area contributed by atoms with Gasteiger partial charge in [0, 0.05) is 0 Å². The van der Waals surface area contributed by atoms with Crippen molar-refractivity contribution in [3.05, 3.63) is 0 Å². The summed E-state index contributed by atoms with van der Waals surface area (Å²) in [5, 5.41) is 0. The lowest BCUT2D eigenvalue weighted by Gasteiger charge is -2.26. The first-order valence-electron chi connectivity index (χ1n) is 3.62. The lowest BCUT2D eigenvalue weighted by Crippen LogP contribution is -2.33. The molecule has 0 aliphatic carbocycles. The van der Waals surface area contributed by atoms with E-state index in [1.54, 1.807) is 0 Å². The molecule has 0 atom stereocenters. The van der Waals surface area contributed by atoms with E-state index in [0.717, 1.165) is 19.3 Å². The normalized spacial score (nSPS) is 10.8. The number of halogens is 1. The Morgan fingerprint density at radius 3 is 1.40 bits per heavy atom. The molecule has 10 heavy (non-hydrogen) atoms. The van der Waals surface area contributed by atoms with Crippen LogP contribution >= 0.6 is 0 Å². The Labute approximate surface area is 62.1 Å². The van der Waals surface area contributed by atoms with Crippen LogP contribution in [0.25, 0.3) is 0 Å². The van der Waals surface area contributed by atoms with E-state index in [1.807, 2.05) is 0 Å². The van der Waals surface area contributed by atoms with Crippen LogP contribution in [0.15, 0.2) is 0 Å². The molecule has 0 aliphatic heterocycles. The zero-order valence-corrected chi connectivity index (χ0v) is 7.02. The van der Waals surface area contributed by atoms with Crippen LogP contribution in [0.3, 0.4) is 0 Å². The third kappa shape index (κ3) is 2.62. The van der Waals surface area contributed by atoms with Crippen molar-refractivity contribution in [2.75, 3.05) is 0 Å². The van der Waals surface area contributed by atoms with Gasteiger partial charge >= 0.3 is 0 Å². The molecule has 2 nitrogen and oxygen atoms in total. The van der Waals surface area contributed by atoms with Crippen LogP contribution in [0.1, 0.15) is 40.0 Å². The predicted molar refractivity (Wildman–Crippen MR) is 41.4 cm³/mol. The molecule has 0 aromatic heterocycles. The summed E-state index contributed by atoms with van der Waals surface area (Å²) >= 11 is 0. The van der Waals surface area contributed by atoms with Crippen LogP contribution in [0.5, 0.6) is 0 Å². The monoisotopic (exact) mass is 151 g/mol. The molecule has 64 valence electrons. The molecule has 0 amide bonds. The number of nitrogens with two attached hydrogens (primary N) is 1. The van der Waals surface area contributed by atoms with E-state index in [0.29, 0.717) is 0 Å². The predicted octanol–water partition coefficient (Wildman–Crippen LogP) is 2.00. The fraction of sp³-hybridized carbons (Fsp3) is 1.00. The summed E-state index contributed by atoms with van der Waals surface area (Å²) in [6.45, 7) is 6.29. The van der Waals surface area contributed by atoms with Gasteiger partial charge in [-0.25, -0.2) is 5.90 Å². The van der Waals surface area contributed by atoms with Crippen LogP contribution in [0, 0.1) is 0 Å². The minimum atomic E-state index is -0.0556. The van der Waals surface area contributed by atoms with E-state index < -0.39 is 0 Å². The molecule has 0 rings (SSSR count). The largest absolute Gasteiger partial charge is 0.298 e. The maximum atomic E-state index is 5.14. The van der Waals surface area contributed by atoms with Crippen molar-refractivity contribution in [2.45, 2.75) is 45.6 Å². The maximum Gasteiger partial charge on any atom is 0.0886 e. The highest BCUT2D eigenvalue weighted by Crippen LogP contribution is 2.21. The number of hydrogen-bond donors (Lipinski definition) is 1. The van der Waals surface area contributed by atoms with Crippen LogP contribution in [-0.4, -0.2) is 5.60 Å². The van der Waals surface area contributed by atoms with E-state index in [2.05, 4.69) is 20.8 Å². The van der Waals surface area contributed by atoms with Gasteiger partial charge < -0.3 is 0 Å². The van der Waals surface area contributed by atoms with Gasteiger partial charge in [-0.3, -0.25) is 9.54 Å². The second-order valence-electron chi connectivity index (χ2n) is 2.36. The third-order valence-electron chi connectivity index (χ3n) is 2.18. The molecule has 0 saturated carbocycles. The Morgan fingerprint density at radius 1 is 1.10 bits per heavy atom. The summed E-state index contributed by atoms with van der Waals surface area (Å²) in [5.74, 6) is 5.14. The first-order chi connectivity index (χ1) is 4.24. The zero-order chi connectivity index (χ0) is 7.33. The molecule has 0 aromatic rings. The average Bonchev–Trinajstić information content (AvgIpc) is 1.95. The molecular formula is C7H18FNO. The van der Waals surface area contributed by atoms with Crippen molar-refractivity contribution < 1.29 is 9.54 Å². The smallest absolute Gasteiger partial charge is 0.0886 e. The molecule has 0 bridgehead atoms. The van der Waals surface area contributed by atoms with Crippen LogP contribution in [0.4, 0.5) is 4.70 Å². The van der Waals surface area contributed by atoms with Gasteiger partial charge in [0.2, 0.25) is 0 Å². The van der Waals surface area contributed by atoms with E-state index in [4.69, 9.17) is 10.7 Å². The van der Waals surface area contributed by atoms with Gasteiger partial charge in [-0.1, -0.05) is 20.8 Å². The van der Waals surface area contributed by atoms with Gasteiger partial charge in [-0.15, -0.1) is 0 Å². The van der Waals surface area contributed by atoms with Gasteiger partial charge in [0.15, 0.2) is 0 Å². The third-order valence-corrected chi connectivity index (χ3v) is 2.18. The van der Waals surface area contributed by atoms with E-state index >= 15 is 0 Å². The number of hydrogen-bond acceptors (Lipinski definition) is 2. The standard InChI is InChI=1S/C7H17NO.FH/c1-4-7(5-2,6-3)9-8;/h4-6,8H2,1-3H3;1H. The van der Waals surface area contributed by atoms with Gasteiger partial charge in [-0.2, -0.15) is 0 Å². The topological polar surface area (TPSA) is 35.2 Å². The molecule has 0 aromatic carbocycles. The van der Waals surface area contributed by atoms with E-state index in [-0.39, 0.29) is 10.3 Å². The minimum Gasteiger partial charge on any atom is -0.298 e. The summed E-state index contributed by atoms with van der Waals surface area (Å²) in [4.78, 5) is 4.89. The highest BCUT2D eigenvalue weighted by Gasteiger charge is 2.23. The lowest BCUT2D eigenvalue weighted by molar-refractivity contribution is -0.0564. The van der Waals surface area contributed by atoms with Crippen molar-refractivity contribution >= 4 is 0 Å². The molecule has 3 heteroatoms. The molecule has 0 aliphatic rings. The van der Waals surface area contributed by atoms with Crippen LogP contribution in [0.2, 0.25) is 0 Å². The van der Waals surface area contributed by atoms with Gasteiger partial charge in [0.25, 0.3) is 0 Å². The highest BCUT2D eigenvalue weighted by molar-refractivity contribution is 4.73. The van der Waals surface area contributed by atoms with Crippen molar-refractivity contribution in [2.24, 2.45) is 5.90 Å². The maximum absolute atomic E-state index is 5.14. The molecule has 0 saturated heterocycles. The van der Waals surface area contributed by atoms with Crippen LogP contribution < -0.4 is 5.90 Å². The molecule has 0 heterocycles. The molecule has 2 N–H and O–H groups in total. The lowest BCUT2D eigenvalue weighted by atomic mass is 9.95. The van der Waals surface area contributed by atoms with Crippen molar-refractivity contribution in [3.63, 3.8) is 0 Å². The molecule has 0 unspecified atom stereocenters. The molecule has 0 fully saturated rings. The van der Waals surface area contributed by atoms with Crippen molar-refractivity contribution in [1.82, 2.24) is 0 Å². The Balaban J connectivity index is 0. The zero-order valence-electron chi connectivity index (χ0n) is 7.02. The Kier molecular flexibility index (Phi) is 7.04. The molecule has 0 radical (unpaired) electrons. The molecule has 0 spiro atoms. The first kappa shape index (κ1) is 12.5. The Bertz CT molecular complexity index is 56.5. The van der Waals surface area contributed by atoms with E-state index in [9.17, 15) is 0 Å². The van der Waals surface area contributed by atoms with Gasteiger partial charge in [0.05, 0.1) is 5.60 Å². The van der Waals surface area contributed by atoms with Crippen molar-refractivity contribution in [1.29, 1.82) is 0 Å². The molecular weight excluding hydrogens is 133 g/mol. The summed E-state index contributed by atoms with van der Waals surface area (Å²) in [6.07, 6.45) is 2.99. The summed E-state index contributed by atoms with van der Waals surface area (Å²) in [6, 6.07) is 0. The first-order valence-corrected chi connectivity index (χ1v) is 3.62. The highest BCUT2D eigenvalue weighted by atomic mass is 19.0. The minimum absolute atomic E-state index is 0. The van der Waals surface area contributed by atoms with Gasteiger partial charge in [-0.05, 0) is 19.3 Å². The Morgan fingerprint density at radius 2 is 1.40 bits per heavy atom. The quantitative estimate of drug-likeness (QED) is 0.624. The van der Waals surface area contributed by atoms with Crippen LogP contribution in [-0.2, 0) is 4.84 Å². The summed E-state index contributed by atoms with van der Waals surface area (Å²) in [7, 11) is 0. The summed E-state index contributed by atoms with van der Waals surface area (Å²) in [5.41, 5.74) is -0.0556. The van der Waals surface area contributed by atoms with Crippen molar-refractivity contribution in [3.8, 4) is 0 Å². The summed E-state index contributed by atoms with van der Waals surface area (Å²) < 4.78 is 0. The van der Waals surface area contributed by atoms with Gasteiger partial charge in [0.1, 0.15) is 0 Å². The average molecular weight is 151 g/mol. The van der Waals surface area contributed by atoms with E-state index in [1.165, 1.54) is 0 Å². The Hall–Kier alpha value is -0.150. The second-order valence-corrected chi connectivity index (χ2v) is 2.36.